The van der Waals surface area contributed by atoms with E-state index in [1.54, 1.807) is 0 Å². The van der Waals surface area contributed by atoms with Crippen molar-refractivity contribution in [3.63, 3.8) is 0 Å². The Labute approximate surface area is 121 Å². The molecule has 0 bridgehead atoms. The Morgan fingerprint density at radius 1 is 1.14 bits per heavy atom. The summed E-state index contributed by atoms with van der Waals surface area (Å²) in [6.45, 7) is 2.27. The second-order valence-corrected chi connectivity index (χ2v) is 4.87. The number of nitrogens with zero attached hydrogens (tertiary/aromatic N) is 4. The number of aromatic nitrogens is 3. The van der Waals surface area contributed by atoms with Crippen molar-refractivity contribution in [2.45, 2.75) is 25.7 Å². The van der Waals surface area contributed by atoms with Crippen molar-refractivity contribution >= 4 is 17.8 Å². The Hall–Kier alpha value is -1.77. The molecule has 9 heteroatoms. The molecule has 0 unspecified atom stereocenters. The van der Waals surface area contributed by atoms with Gasteiger partial charge >= 0.3 is 0 Å². The van der Waals surface area contributed by atoms with E-state index in [9.17, 15) is 8.78 Å². The molecule has 3 N–H and O–H groups in total. The lowest BCUT2D eigenvalue weighted by molar-refractivity contribution is -0.0374. The maximum atomic E-state index is 13.1. The first-order chi connectivity index (χ1) is 10.0. The third-order valence-electron chi connectivity index (χ3n) is 3.08. The Morgan fingerprint density at radius 3 is 2.33 bits per heavy atom. The average Bonchev–Trinajstić information content (AvgIpc) is 3.00. The number of aliphatic hydroxyl groups excluding tert-OH is 1. The van der Waals surface area contributed by atoms with E-state index in [1.165, 1.54) is 0 Å². The zero-order valence-electron chi connectivity index (χ0n) is 11.9. The molecule has 0 aromatic carbocycles. The first kappa shape index (κ1) is 15.6. The molecule has 7 nitrogen and oxygen atoms in total. The van der Waals surface area contributed by atoms with Crippen molar-refractivity contribution in [3.8, 4) is 0 Å². The molecule has 21 heavy (non-hydrogen) atoms. The van der Waals surface area contributed by atoms with Crippen LogP contribution in [0.2, 0.25) is 0 Å². The van der Waals surface area contributed by atoms with Crippen LogP contribution in [0.4, 0.5) is 26.6 Å². The normalized spacial score (nSPS) is 15.3. The second-order valence-electron chi connectivity index (χ2n) is 4.87. The lowest BCUT2D eigenvalue weighted by Gasteiger charge is -2.18. The SMILES string of the molecule is CCNc1nc(NCC(F)(F)CO)nc(N2CCCC2)n1. The van der Waals surface area contributed by atoms with E-state index in [4.69, 9.17) is 5.11 Å². The van der Waals surface area contributed by atoms with E-state index in [1.807, 2.05) is 11.8 Å². The van der Waals surface area contributed by atoms with Crippen LogP contribution < -0.4 is 15.5 Å². The predicted molar refractivity (Wildman–Crippen MR) is 76.0 cm³/mol. The maximum absolute atomic E-state index is 13.1. The van der Waals surface area contributed by atoms with Gasteiger partial charge in [0.25, 0.3) is 5.92 Å². The van der Waals surface area contributed by atoms with Gasteiger partial charge in [-0.15, -0.1) is 0 Å². The fraction of sp³-hybridized carbons (Fsp3) is 0.750. The molecule has 1 aliphatic heterocycles. The molecule has 0 atom stereocenters. The monoisotopic (exact) mass is 302 g/mol. The number of nitrogens with one attached hydrogen (secondary N) is 2. The fourth-order valence-electron chi connectivity index (χ4n) is 2.00. The number of hydrogen-bond acceptors (Lipinski definition) is 7. The van der Waals surface area contributed by atoms with Crippen LogP contribution in [0.5, 0.6) is 0 Å². The highest BCUT2D eigenvalue weighted by molar-refractivity contribution is 5.44. The molecular formula is C12H20F2N6O. The van der Waals surface area contributed by atoms with Crippen LogP contribution in [0.25, 0.3) is 0 Å². The van der Waals surface area contributed by atoms with Gasteiger partial charge in [0.05, 0.1) is 6.54 Å². The zero-order valence-corrected chi connectivity index (χ0v) is 11.9. The van der Waals surface area contributed by atoms with Gasteiger partial charge in [-0.25, -0.2) is 8.78 Å². The van der Waals surface area contributed by atoms with Crippen LogP contribution >= 0.6 is 0 Å². The molecule has 1 aliphatic rings. The van der Waals surface area contributed by atoms with Gasteiger partial charge in [-0.2, -0.15) is 15.0 Å². The van der Waals surface area contributed by atoms with Crippen molar-refractivity contribution < 1.29 is 13.9 Å². The highest BCUT2D eigenvalue weighted by atomic mass is 19.3. The molecule has 0 radical (unpaired) electrons. The molecular weight excluding hydrogens is 282 g/mol. The average molecular weight is 302 g/mol. The third-order valence-corrected chi connectivity index (χ3v) is 3.08. The molecule has 1 saturated heterocycles. The van der Waals surface area contributed by atoms with Crippen LogP contribution in [-0.4, -0.2) is 58.8 Å². The van der Waals surface area contributed by atoms with E-state index >= 15 is 0 Å². The van der Waals surface area contributed by atoms with Crippen LogP contribution in [0.3, 0.4) is 0 Å². The van der Waals surface area contributed by atoms with Crippen LogP contribution in [0, 0.1) is 0 Å². The van der Waals surface area contributed by atoms with Gasteiger partial charge in [-0.3, -0.25) is 0 Å². The summed E-state index contributed by atoms with van der Waals surface area (Å²) in [7, 11) is 0. The predicted octanol–water partition coefficient (Wildman–Crippen LogP) is 0.943. The van der Waals surface area contributed by atoms with Crippen LogP contribution in [-0.2, 0) is 0 Å². The molecule has 0 aliphatic carbocycles. The highest BCUT2D eigenvalue weighted by Gasteiger charge is 2.28. The van der Waals surface area contributed by atoms with Crippen molar-refractivity contribution in [2.24, 2.45) is 0 Å². The van der Waals surface area contributed by atoms with Crippen molar-refractivity contribution in [1.82, 2.24) is 15.0 Å². The molecule has 2 heterocycles. The molecule has 0 amide bonds. The molecule has 2 rings (SSSR count). The third kappa shape index (κ3) is 4.35. The highest BCUT2D eigenvalue weighted by Crippen LogP contribution is 2.19. The van der Waals surface area contributed by atoms with E-state index in [0.29, 0.717) is 18.4 Å². The summed E-state index contributed by atoms with van der Waals surface area (Å²) in [5, 5.41) is 14.0. The molecule has 1 fully saturated rings. The minimum atomic E-state index is -3.21. The molecule has 1 aromatic heterocycles. The van der Waals surface area contributed by atoms with Gasteiger partial charge < -0.3 is 20.6 Å². The van der Waals surface area contributed by atoms with Gasteiger partial charge in [-0.1, -0.05) is 0 Å². The molecule has 1 aromatic rings. The first-order valence-corrected chi connectivity index (χ1v) is 7.01. The largest absolute Gasteiger partial charge is 0.390 e. The zero-order chi connectivity index (χ0) is 15.3. The number of hydrogen-bond donors (Lipinski definition) is 3. The number of anilines is 3. The summed E-state index contributed by atoms with van der Waals surface area (Å²) in [5.74, 6) is -2.30. The second kappa shape index (κ2) is 6.79. The number of alkyl halides is 2. The Kier molecular flexibility index (Phi) is 5.05. The minimum absolute atomic E-state index is 0.0796. The van der Waals surface area contributed by atoms with E-state index in [-0.39, 0.29) is 5.95 Å². The molecule has 0 saturated carbocycles. The fourth-order valence-corrected chi connectivity index (χ4v) is 2.00. The number of halogens is 2. The first-order valence-electron chi connectivity index (χ1n) is 7.01. The van der Waals surface area contributed by atoms with Crippen molar-refractivity contribution in [3.05, 3.63) is 0 Å². The number of aliphatic hydroxyl groups is 1. The molecule has 0 spiro atoms. The minimum Gasteiger partial charge on any atom is -0.390 e. The van der Waals surface area contributed by atoms with Gasteiger partial charge in [0.2, 0.25) is 17.8 Å². The Balaban J connectivity index is 2.14. The quantitative estimate of drug-likeness (QED) is 0.691. The summed E-state index contributed by atoms with van der Waals surface area (Å²) in [5.41, 5.74) is 0. The summed E-state index contributed by atoms with van der Waals surface area (Å²) in [6, 6.07) is 0. The summed E-state index contributed by atoms with van der Waals surface area (Å²) in [6.07, 6.45) is 2.13. The summed E-state index contributed by atoms with van der Waals surface area (Å²) in [4.78, 5) is 14.5. The van der Waals surface area contributed by atoms with Gasteiger partial charge in [0, 0.05) is 19.6 Å². The molecule has 118 valence electrons. The van der Waals surface area contributed by atoms with Gasteiger partial charge in [0.1, 0.15) is 6.61 Å². The summed E-state index contributed by atoms with van der Waals surface area (Å²) < 4.78 is 26.2. The maximum Gasteiger partial charge on any atom is 0.287 e. The van der Waals surface area contributed by atoms with E-state index < -0.39 is 19.1 Å². The van der Waals surface area contributed by atoms with Crippen LogP contribution in [0.1, 0.15) is 19.8 Å². The van der Waals surface area contributed by atoms with Gasteiger partial charge in [0.15, 0.2) is 0 Å². The summed E-state index contributed by atoms with van der Waals surface area (Å²) >= 11 is 0. The van der Waals surface area contributed by atoms with Crippen molar-refractivity contribution in [1.29, 1.82) is 0 Å². The smallest absolute Gasteiger partial charge is 0.287 e. The van der Waals surface area contributed by atoms with Crippen molar-refractivity contribution in [2.75, 3.05) is 48.3 Å². The van der Waals surface area contributed by atoms with E-state index in [2.05, 4.69) is 25.6 Å². The Bertz CT molecular complexity index is 467. The Morgan fingerprint density at radius 2 is 1.76 bits per heavy atom. The standard InChI is InChI=1S/C12H20F2N6O/c1-2-15-9-17-10(16-7-12(13,14)8-21)19-11(18-9)20-5-3-4-6-20/h21H,2-8H2,1H3,(H2,15,16,17,18,19). The van der Waals surface area contributed by atoms with E-state index in [0.717, 1.165) is 25.9 Å². The topological polar surface area (TPSA) is 86.2 Å². The van der Waals surface area contributed by atoms with Gasteiger partial charge in [-0.05, 0) is 19.8 Å². The lowest BCUT2D eigenvalue weighted by atomic mass is 10.3. The van der Waals surface area contributed by atoms with Crippen LogP contribution in [0.15, 0.2) is 0 Å². The number of rotatable bonds is 7. The lowest BCUT2D eigenvalue weighted by Crippen LogP contribution is -2.32.